The van der Waals surface area contributed by atoms with Crippen molar-refractivity contribution in [3.8, 4) is 0 Å². The molecule has 0 heterocycles. The quantitative estimate of drug-likeness (QED) is 0.838. The Kier molecular flexibility index (Phi) is 5.98. The van der Waals surface area contributed by atoms with Gasteiger partial charge in [0.15, 0.2) is 0 Å². The normalized spacial score (nSPS) is 12.4. The highest BCUT2D eigenvalue weighted by molar-refractivity contribution is 7.92. The third-order valence-corrected chi connectivity index (χ3v) is 4.86. The first kappa shape index (κ1) is 18.0. The number of nitrogens with one attached hydrogen (secondary N) is 1. The number of hydrogen-bond acceptors (Lipinski definition) is 3. The van der Waals surface area contributed by atoms with Crippen LogP contribution in [0.3, 0.4) is 0 Å². The van der Waals surface area contributed by atoms with Crippen molar-refractivity contribution in [3.05, 3.63) is 66.2 Å². The summed E-state index contributed by atoms with van der Waals surface area (Å²) in [6.07, 6.45) is 1.24. The first-order chi connectivity index (χ1) is 11.4. The van der Waals surface area contributed by atoms with Gasteiger partial charge in [-0.25, -0.2) is 8.42 Å². The number of para-hydroxylation sites is 1. The van der Waals surface area contributed by atoms with Gasteiger partial charge in [0.1, 0.15) is 0 Å². The molecule has 0 aromatic heterocycles. The summed E-state index contributed by atoms with van der Waals surface area (Å²) < 4.78 is 25.2. The average molecular weight is 346 g/mol. The highest BCUT2D eigenvalue weighted by atomic mass is 32.2. The van der Waals surface area contributed by atoms with E-state index < -0.39 is 10.0 Å². The molecule has 24 heavy (non-hydrogen) atoms. The van der Waals surface area contributed by atoms with Crippen molar-refractivity contribution in [3.63, 3.8) is 0 Å². The molecule has 2 aromatic rings. The van der Waals surface area contributed by atoms with E-state index in [1.165, 1.54) is 4.31 Å². The lowest BCUT2D eigenvalue weighted by Gasteiger charge is -2.22. The molecule has 0 bridgehead atoms. The summed E-state index contributed by atoms with van der Waals surface area (Å²) in [5.74, 6) is -0.184. The summed E-state index contributed by atoms with van der Waals surface area (Å²) in [5, 5.41) is 2.89. The third kappa shape index (κ3) is 5.09. The Bertz CT molecular complexity index is 761. The van der Waals surface area contributed by atoms with Crippen LogP contribution in [-0.4, -0.2) is 27.1 Å². The molecule has 1 unspecified atom stereocenters. The maximum absolute atomic E-state index is 12.2. The topological polar surface area (TPSA) is 66.5 Å². The summed E-state index contributed by atoms with van der Waals surface area (Å²) in [7, 11) is -3.44. The predicted octanol–water partition coefficient (Wildman–Crippen LogP) is 2.72. The second-order valence-electron chi connectivity index (χ2n) is 5.62. The summed E-state index contributed by atoms with van der Waals surface area (Å²) in [5.41, 5.74) is 1.57. The van der Waals surface area contributed by atoms with Gasteiger partial charge in [-0.15, -0.1) is 0 Å². The van der Waals surface area contributed by atoms with Crippen LogP contribution in [0.1, 0.15) is 24.9 Å². The van der Waals surface area contributed by atoms with E-state index in [0.717, 1.165) is 11.8 Å². The molecule has 0 aliphatic heterocycles. The van der Waals surface area contributed by atoms with Crippen molar-refractivity contribution in [2.24, 2.45) is 0 Å². The van der Waals surface area contributed by atoms with Gasteiger partial charge in [0.2, 0.25) is 15.9 Å². The molecular formula is C18H22N2O3S. The Morgan fingerprint density at radius 1 is 1.04 bits per heavy atom. The molecule has 0 spiro atoms. The fraction of sp³-hybridized carbons (Fsp3) is 0.278. The Balaban J connectivity index is 1.98. The van der Waals surface area contributed by atoms with Gasteiger partial charge in [-0.1, -0.05) is 48.5 Å². The maximum Gasteiger partial charge on any atom is 0.232 e. The number of rotatable bonds is 7. The van der Waals surface area contributed by atoms with Crippen LogP contribution < -0.4 is 9.62 Å². The maximum atomic E-state index is 12.2. The van der Waals surface area contributed by atoms with Gasteiger partial charge in [0, 0.05) is 13.0 Å². The molecule has 1 amide bonds. The number of nitrogens with zero attached hydrogens (tertiary/aromatic N) is 1. The van der Waals surface area contributed by atoms with Gasteiger partial charge in [-0.05, 0) is 24.6 Å². The van der Waals surface area contributed by atoms with Gasteiger partial charge in [-0.3, -0.25) is 9.10 Å². The molecule has 2 rings (SSSR count). The minimum absolute atomic E-state index is 0.0964. The molecule has 6 heteroatoms. The second-order valence-corrected chi connectivity index (χ2v) is 7.53. The third-order valence-electron chi connectivity index (χ3n) is 3.66. The van der Waals surface area contributed by atoms with E-state index in [1.54, 1.807) is 24.3 Å². The second kappa shape index (κ2) is 7.97. The molecule has 0 fully saturated rings. The van der Waals surface area contributed by atoms with Gasteiger partial charge < -0.3 is 5.32 Å². The number of carbonyl (C=O) groups excluding carboxylic acids is 1. The molecule has 5 nitrogen and oxygen atoms in total. The van der Waals surface area contributed by atoms with Crippen LogP contribution in [0.25, 0.3) is 0 Å². The minimum Gasteiger partial charge on any atom is -0.350 e. The lowest BCUT2D eigenvalue weighted by atomic mass is 10.1. The fourth-order valence-corrected chi connectivity index (χ4v) is 3.35. The molecule has 128 valence electrons. The first-order valence-corrected chi connectivity index (χ1v) is 9.60. The number of sulfonamides is 1. The summed E-state index contributed by atoms with van der Waals surface area (Å²) in [6, 6.07) is 18.3. The molecule has 1 N–H and O–H groups in total. The zero-order chi connectivity index (χ0) is 17.6. The highest BCUT2D eigenvalue weighted by Crippen LogP contribution is 2.17. The van der Waals surface area contributed by atoms with Gasteiger partial charge in [0.05, 0.1) is 18.0 Å². The zero-order valence-corrected chi connectivity index (χ0v) is 14.7. The van der Waals surface area contributed by atoms with Crippen molar-refractivity contribution in [1.82, 2.24) is 5.32 Å². The van der Waals surface area contributed by atoms with Crippen LogP contribution in [-0.2, 0) is 14.8 Å². The van der Waals surface area contributed by atoms with E-state index in [0.29, 0.717) is 5.69 Å². The van der Waals surface area contributed by atoms with Crippen LogP contribution in [0.4, 0.5) is 5.69 Å². The van der Waals surface area contributed by atoms with E-state index in [4.69, 9.17) is 0 Å². The summed E-state index contributed by atoms with van der Waals surface area (Å²) in [6.45, 7) is 2.01. The van der Waals surface area contributed by atoms with Crippen LogP contribution in [0.15, 0.2) is 60.7 Å². The smallest absolute Gasteiger partial charge is 0.232 e. The number of anilines is 1. The Hall–Kier alpha value is -2.34. The van der Waals surface area contributed by atoms with Gasteiger partial charge >= 0.3 is 0 Å². The predicted molar refractivity (Wildman–Crippen MR) is 96.2 cm³/mol. The van der Waals surface area contributed by atoms with E-state index in [-0.39, 0.29) is 24.9 Å². The number of amides is 1. The SMILES string of the molecule is CC(NC(=O)CCN(c1ccccc1)S(C)(=O)=O)c1ccccc1. The molecular weight excluding hydrogens is 324 g/mol. The number of hydrogen-bond donors (Lipinski definition) is 1. The summed E-state index contributed by atoms with van der Waals surface area (Å²) >= 11 is 0. The standard InChI is InChI=1S/C18H22N2O3S/c1-15(16-9-5-3-6-10-16)19-18(21)13-14-20(24(2,22)23)17-11-7-4-8-12-17/h3-12,15H,13-14H2,1-2H3,(H,19,21). The Labute approximate surface area is 143 Å². The molecule has 1 atom stereocenters. The van der Waals surface area contributed by atoms with Gasteiger partial charge in [0.25, 0.3) is 0 Å². The highest BCUT2D eigenvalue weighted by Gasteiger charge is 2.19. The lowest BCUT2D eigenvalue weighted by molar-refractivity contribution is -0.121. The van der Waals surface area contributed by atoms with E-state index in [2.05, 4.69) is 5.32 Å². The van der Waals surface area contributed by atoms with Crippen molar-refractivity contribution < 1.29 is 13.2 Å². The van der Waals surface area contributed by atoms with Gasteiger partial charge in [-0.2, -0.15) is 0 Å². The number of carbonyl (C=O) groups is 1. The van der Waals surface area contributed by atoms with Crippen molar-refractivity contribution in [2.75, 3.05) is 17.1 Å². The molecule has 0 aliphatic rings. The Morgan fingerprint density at radius 2 is 1.58 bits per heavy atom. The Morgan fingerprint density at radius 3 is 2.12 bits per heavy atom. The van der Waals surface area contributed by atoms with E-state index >= 15 is 0 Å². The molecule has 2 aromatic carbocycles. The van der Waals surface area contributed by atoms with Crippen LogP contribution >= 0.6 is 0 Å². The van der Waals surface area contributed by atoms with Crippen LogP contribution in [0, 0.1) is 0 Å². The van der Waals surface area contributed by atoms with E-state index in [9.17, 15) is 13.2 Å². The average Bonchev–Trinajstić information content (AvgIpc) is 2.55. The molecule has 0 radical (unpaired) electrons. The lowest BCUT2D eigenvalue weighted by Crippen LogP contribution is -2.35. The first-order valence-electron chi connectivity index (χ1n) is 7.75. The number of benzene rings is 2. The largest absolute Gasteiger partial charge is 0.350 e. The van der Waals surface area contributed by atoms with Crippen LogP contribution in [0.5, 0.6) is 0 Å². The van der Waals surface area contributed by atoms with Crippen molar-refractivity contribution >= 4 is 21.6 Å². The zero-order valence-electron chi connectivity index (χ0n) is 13.8. The monoisotopic (exact) mass is 346 g/mol. The summed E-state index contributed by atoms with van der Waals surface area (Å²) in [4.78, 5) is 12.2. The molecule has 0 aliphatic carbocycles. The molecule has 0 saturated carbocycles. The minimum atomic E-state index is -3.44. The van der Waals surface area contributed by atoms with Crippen molar-refractivity contribution in [2.45, 2.75) is 19.4 Å². The van der Waals surface area contributed by atoms with Crippen LogP contribution in [0.2, 0.25) is 0 Å². The molecule has 0 saturated heterocycles. The van der Waals surface area contributed by atoms with E-state index in [1.807, 2.05) is 43.3 Å². The fourth-order valence-electron chi connectivity index (χ4n) is 2.42. The van der Waals surface area contributed by atoms with Crippen molar-refractivity contribution in [1.29, 1.82) is 0 Å².